The van der Waals surface area contributed by atoms with Gasteiger partial charge in [-0.15, -0.1) is 11.8 Å². The van der Waals surface area contributed by atoms with Crippen LogP contribution in [0.3, 0.4) is 0 Å². The molecule has 0 atom stereocenters. The van der Waals surface area contributed by atoms with Crippen LogP contribution < -0.4 is 15.9 Å². The number of urea groups is 1. The Morgan fingerprint density at radius 1 is 1.18 bits per heavy atom. The summed E-state index contributed by atoms with van der Waals surface area (Å²) in [4.78, 5) is 12.0. The first-order valence-corrected chi connectivity index (χ1v) is 7.62. The number of methoxy groups -OCH3 is 1. The number of nitrogens with zero attached hydrogens (tertiary/aromatic N) is 1. The fourth-order valence-corrected chi connectivity index (χ4v) is 2.64. The Balaban J connectivity index is 2.14. The molecule has 0 unspecified atom stereocenters. The molecular weight excluding hydrogens is 298 g/mol. The number of amides is 2. The number of ether oxygens (including phenoxy) is 1. The molecule has 0 saturated carbocycles. The lowest BCUT2D eigenvalue weighted by Gasteiger charge is -2.08. The van der Waals surface area contributed by atoms with Crippen molar-refractivity contribution in [2.24, 2.45) is 10.8 Å². The van der Waals surface area contributed by atoms with Crippen molar-refractivity contribution in [3.8, 4) is 5.75 Å². The first kappa shape index (κ1) is 15.9. The van der Waals surface area contributed by atoms with E-state index in [0.29, 0.717) is 5.75 Å². The van der Waals surface area contributed by atoms with Crippen LogP contribution >= 0.6 is 11.8 Å². The highest BCUT2D eigenvalue weighted by Gasteiger charge is 2.06. The summed E-state index contributed by atoms with van der Waals surface area (Å²) in [6.45, 7) is 0. The van der Waals surface area contributed by atoms with Gasteiger partial charge in [0.2, 0.25) is 0 Å². The predicted molar refractivity (Wildman–Crippen MR) is 89.4 cm³/mol. The molecule has 0 aromatic heterocycles. The molecule has 0 saturated heterocycles. The van der Waals surface area contributed by atoms with E-state index in [0.717, 1.165) is 21.9 Å². The minimum Gasteiger partial charge on any atom is -0.497 e. The Kier molecular flexibility index (Phi) is 5.85. The van der Waals surface area contributed by atoms with Crippen molar-refractivity contribution in [3.05, 3.63) is 60.2 Å². The predicted octanol–water partition coefficient (Wildman–Crippen LogP) is 2.86. The van der Waals surface area contributed by atoms with Crippen LogP contribution in [0.1, 0.15) is 5.56 Å². The van der Waals surface area contributed by atoms with E-state index in [1.165, 1.54) is 0 Å². The van der Waals surface area contributed by atoms with Crippen LogP contribution in [-0.2, 0) is 0 Å². The van der Waals surface area contributed by atoms with Gasteiger partial charge < -0.3 is 10.5 Å². The number of carbonyl (C=O) groups is 1. The van der Waals surface area contributed by atoms with Gasteiger partial charge in [-0.25, -0.2) is 10.2 Å². The fourth-order valence-electron chi connectivity index (χ4n) is 1.75. The Morgan fingerprint density at radius 2 is 1.86 bits per heavy atom. The summed E-state index contributed by atoms with van der Waals surface area (Å²) in [5, 5.41) is 4.09. The lowest BCUT2D eigenvalue weighted by molar-refractivity contribution is 0.249. The van der Waals surface area contributed by atoms with Gasteiger partial charge in [-0.05, 0) is 42.0 Å². The molecule has 22 heavy (non-hydrogen) atoms. The summed E-state index contributed by atoms with van der Waals surface area (Å²) in [6, 6.07) is 16.8. The standard InChI is InChI=1S/C16H17N3O2S/c1-21-13-9-7-12(8-10-13)15(18-19-16(17)20)11-22-14-5-3-2-4-6-14/h2-10H,11H2,1H3,(H3,17,19,20)/b18-15-. The number of hydrazone groups is 1. The number of thioether (sulfide) groups is 1. The van der Waals surface area contributed by atoms with E-state index in [2.05, 4.69) is 10.5 Å². The quantitative estimate of drug-likeness (QED) is 0.489. The number of carbonyl (C=O) groups excluding carboxylic acids is 1. The molecule has 2 amide bonds. The summed E-state index contributed by atoms with van der Waals surface area (Å²) in [7, 11) is 1.61. The first-order valence-electron chi connectivity index (χ1n) is 6.63. The van der Waals surface area contributed by atoms with Crippen LogP contribution in [0.2, 0.25) is 0 Å². The normalized spacial score (nSPS) is 11.0. The van der Waals surface area contributed by atoms with Gasteiger partial charge in [0.05, 0.1) is 12.8 Å². The number of rotatable bonds is 6. The minimum absolute atomic E-state index is 0.608. The fraction of sp³-hybridized carbons (Fsp3) is 0.125. The second kappa shape index (κ2) is 8.09. The van der Waals surface area contributed by atoms with Crippen LogP contribution in [0.15, 0.2) is 64.6 Å². The van der Waals surface area contributed by atoms with Crippen molar-refractivity contribution in [3.63, 3.8) is 0 Å². The molecule has 0 bridgehead atoms. The Labute approximate surface area is 133 Å². The molecule has 5 nitrogen and oxygen atoms in total. The van der Waals surface area contributed by atoms with E-state index in [4.69, 9.17) is 10.5 Å². The molecule has 2 aromatic carbocycles. The Hall–Kier alpha value is -2.47. The number of benzene rings is 2. The monoisotopic (exact) mass is 315 g/mol. The van der Waals surface area contributed by atoms with Crippen LogP contribution in [0.5, 0.6) is 5.75 Å². The third-order valence-corrected chi connectivity index (χ3v) is 3.87. The van der Waals surface area contributed by atoms with Crippen molar-refractivity contribution in [2.75, 3.05) is 12.9 Å². The van der Waals surface area contributed by atoms with Crippen LogP contribution in [0.25, 0.3) is 0 Å². The van der Waals surface area contributed by atoms with Crippen LogP contribution in [0.4, 0.5) is 4.79 Å². The van der Waals surface area contributed by atoms with Gasteiger partial charge in [0.15, 0.2) is 0 Å². The van der Waals surface area contributed by atoms with Crippen molar-refractivity contribution in [1.29, 1.82) is 0 Å². The summed E-state index contributed by atoms with van der Waals surface area (Å²) in [6.07, 6.45) is 0. The average Bonchev–Trinajstić information content (AvgIpc) is 2.56. The molecule has 114 valence electrons. The summed E-state index contributed by atoms with van der Waals surface area (Å²) in [5.74, 6) is 1.37. The lowest BCUT2D eigenvalue weighted by Crippen LogP contribution is -2.26. The van der Waals surface area contributed by atoms with Gasteiger partial charge in [0.25, 0.3) is 0 Å². The van der Waals surface area contributed by atoms with E-state index >= 15 is 0 Å². The van der Waals surface area contributed by atoms with E-state index in [1.807, 2.05) is 54.6 Å². The molecule has 0 spiro atoms. The van der Waals surface area contributed by atoms with Crippen LogP contribution in [-0.4, -0.2) is 24.6 Å². The zero-order chi connectivity index (χ0) is 15.8. The van der Waals surface area contributed by atoms with Crippen LogP contribution in [0, 0.1) is 0 Å². The second-order valence-corrected chi connectivity index (χ2v) is 5.41. The molecular formula is C16H17N3O2S. The molecule has 6 heteroatoms. The number of nitrogens with two attached hydrogens (primary N) is 1. The molecule has 0 radical (unpaired) electrons. The molecule has 3 N–H and O–H groups in total. The molecule has 2 aromatic rings. The zero-order valence-corrected chi connectivity index (χ0v) is 13.0. The molecule has 0 fully saturated rings. The van der Waals surface area contributed by atoms with Gasteiger partial charge in [0.1, 0.15) is 5.75 Å². The summed E-state index contributed by atoms with van der Waals surface area (Å²) in [5.41, 5.74) is 9.01. The second-order valence-electron chi connectivity index (χ2n) is 4.36. The third kappa shape index (κ3) is 4.82. The topological polar surface area (TPSA) is 76.7 Å². The number of hydrogen-bond acceptors (Lipinski definition) is 4. The van der Waals surface area contributed by atoms with Crippen molar-refractivity contribution in [1.82, 2.24) is 5.43 Å². The molecule has 0 aliphatic rings. The van der Waals surface area contributed by atoms with Crippen molar-refractivity contribution >= 4 is 23.5 Å². The van der Waals surface area contributed by atoms with Crippen molar-refractivity contribution in [2.45, 2.75) is 4.90 Å². The molecule has 0 aliphatic heterocycles. The summed E-state index contributed by atoms with van der Waals surface area (Å²) >= 11 is 1.63. The third-order valence-electron chi connectivity index (χ3n) is 2.84. The zero-order valence-electron chi connectivity index (χ0n) is 12.2. The maximum absolute atomic E-state index is 10.9. The van der Waals surface area contributed by atoms with E-state index in [1.54, 1.807) is 18.9 Å². The molecule has 0 heterocycles. The average molecular weight is 315 g/mol. The SMILES string of the molecule is COc1ccc(/C(CSc2ccccc2)=N\NC(N)=O)cc1. The number of nitrogens with one attached hydrogen (secondary N) is 1. The highest BCUT2D eigenvalue weighted by molar-refractivity contribution is 8.00. The summed E-state index contributed by atoms with van der Waals surface area (Å²) < 4.78 is 5.14. The Morgan fingerprint density at radius 3 is 2.45 bits per heavy atom. The van der Waals surface area contributed by atoms with E-state index < -0.39 is 6.03 Å². The highest BCUT2D eigenvalue weighted by Crippen LogP contribution is 2.20. The van der Waals surface area contributed by atoms with E-state index in [9.17, 15) is 4.79 Å². The highest BCUT2D eigenvalue weighted by atomic mass is 32.2. The Bertz CT molecular complexity index is 642. The minimum atomic E-state index is -0.685. The smallest absolute Gasteiger partial charge is 0.332 e. The van der Waals surface area contributed by atoms with Gasteiger partial charge in [0, 0.05) is 10.6 Å². The maximum atomic E-state index is 10.9. The van der Waals surface area contributed by atoms with Crippen molar-refractivity contribution < 1.29 is 9.53 Å². The van der Waals surface area contributed by atoms with Gasteiger partial charge in [-0.2, -0.15) is 5.10 Å². The lowest BCUT2D eigenvalue weighted by atomic mass is 10.1. The first-order chi connectivity index (χ1) is 10.7. The van der Waals surface area contributed by atoms with Gasteiger partial charge >= 0.3 is 6.03 Å². The molecule has 0 aliphatic carbocycles. The number of primary amides is 1. The maximum Gasteiger partial charge on any atom is 0.332 e. The van der Waals surface area contributed by atoms with Gasteiger partial charge in [-0.1, -0.05) is 18.2 Å². The van der Waals surface area contributed by atoms with E-state index in [-0.39, 0.29) is 0 Å². The number of hydrogen-bond donors (Lipinski definition) is 2. The largest absolute Gasteiger partial charge is 0.497 e. The van der Waals surface area contributed by atoms with Gasteiger partial charge in [-0.3, -0.25) is 0 Å². The molecule has 2 rings (SSSR count).